The Morgan fingerprint density at radius 2 is 1.79 bits per heavy atom. The lowest BCUT2D eigenvalue weighted by molar-refractivity contribution is 0.104. The second-order valence-electron chi connectivity index (χ2n) is 6.38. The molecule has 0 fully saturated rings. The zero-order valence-electron chi connectivity index (χ0n) is 16.2. The minimum atomic E-state index is -0.372. The van der Waals surface area contributed by atoms with Crippen LogP contribution in [0.2, 0.25) is 0 Å². The Labute approximate surface area is 164 Å². The topological polar surface area (TPSA) is 96.2 Å². The first-order valence-electron chi connectivity index (χ1n) is 8.64. The zero-order chi connectivity index (χ0) is 20.8. The van der Waals surface area contributed by atoms with Crippen molar-refractivity contribution in [3.8, 4) is 28.7 Å². The van der Waals surface area contributed by atoms with Crippen LogP contribution < -0.4 is 9.47 Å². The molecule has 6 heteroatoms. The highest BCUT2D eigenvalue weighted by atomic mass is 16.5. The molecule has 0 spiro atoms. The standard InChI is InChI=1S/C22H24O6/c1-13(2)5-7-15-18(24)10-8-16(22(15)28-4)17(23)9-6-14-11-20(26)21(27-3)12-19(14)25/h6,8-12,24-26H,1,5,7H2,2-4H3. The maximum atomic E-state index is 12.7. The molecule has 6 nitrogen and oxygen atoms in total. The van der Waals surface area contributed by atoms with Crippen LogP contribution in [-0.4, -0.2) is 35.3 Å². The molecule has 148 valence electrons. The van der Waals surface area contributed by atoms with Crippen molar-refractivity contribution in [1.29, 1.82) is 0 Å². The van der Waals surface area contributed by atoms with E-state index in [1.165, 1.54) is 50.6 Å². The number of benzene rings is 2. The summed E-state index contributed by atoms with van der Waals surface area (Å²) in [5, 5.41) is 30.0. The van der Waals surface area contributed by atoms with Gasteiger partial charge in [-0.25, -0.2) is 0 Å². The van der Waals surface area contributed by atoms with Crippen LogP contribution in [0, 0.1) is 0 Å². The van der Waals surface area contributed by atoms with Gasteiger partial charge in [0.15, 0.2) is 17.3 Å². The highest BCUT2D eigenvalue weighted by Gasteiger charge is 2.18. The van der Waals surface area contributed by atoms with E-state index in [0.29, 0.717) is 24.2 Å². The second-order valence-corrected chi connectivity index (χ2v) is 6.38. The van der Waals surface area contributed by atoms with E-state index >= 15 is 0 Å². The fourth-order valence-corrected chi connectivity index (χ4v) is 2.75. The molecule has 0 aliphatic heterocycles. The summed E-state index contributed by atoms with van der Waals surface area (Å²) in [5.74, 6) is -0.185. The van der Waals surface area contributed by atoms with E-state index in [4.69, 9.17) is 9.47 Å². The maximum Gasteiger partial charge on any atom is 0.189 e. The van der Waals surface area contributed by atoms with Crippen molar-refractivity contribution in [2.24, 2.45) is 0 Å². The van der Waals surface area contributed by atoms with E-state index in [2.05, 4.69) is 6.58 Å². The molecule has 0 atom stereocenters. The van der Waals surface area contributed by atoms with Crippen LogP contribution in [-0.2, 0) is 6.42 Å². The number of rotatable bonds is 8. The van der Waals surface area contributed by atoms with Crippen molar-refractivity contribution in [2.75, 3.05) is 14.2 Å². The Kier molecular flexibility index (Phi) is 6.71. The van der Waals surface area contributed by atoms with Gasteiger partial charge in [-0.2, -0.15) is 0 Å². The van der Waals surface area contributed by atoms with Gasteiger partial charge in [0.25, 0.3) is 0 Å². The summed E-state index contributed by atoms with van der Waals surface area (Å²) in [6, 6.07) is 5.49. The third kappa shape index (κ3) is 4.65. The van der Waals surface area contributed by atoms with E-state index in [0.717, 1.165) is 5.57 Å². The van der Waals surface area contributed by atoms with Gasteiger partial charge in [0.2, 0.25) is 0 Å². The molecule has 0 amide bonds. The molecule has 2 aromatic rings. The maximum absolute atomic E-state index is 12.7. The lowest BCUT2D eigenvalue weighted by atomic mass is 9.98. The fraction of sp³-hybridized carbons (Fsp3) is 0.227. The smallest absolute Gasteiger partial charge is 0.189 e. The fourth-order valence-electron chi connectivity index (χ4n) is 2.75. The number of hydrogen-bond donors (Lipinski definition) is 3. The Bertz CT molecular complexity index is 927. The number of carbonyl (C=O) groups is 1. The molecular formula is C22H24O6. The molecule has 0 radical (unpaired) electrons. The molecule has 0 aliphatic rings. The molecule has 0 heterocycles. The quantitative estimate of drug-likeness (QED) is 0.273. The number of carbonyl (C=O) groups excluding carboxylic acids is 1. The predicted octanol–water partition coefficient (Wildman–Crippen LogP) is 4.23. The van der Waals surface area contributed by atoms with Gasteiger partial charge in [0.05, 0.1) is 19.8 Å². The summed E-state index contributed by atoms with van der Waals surface area (Å²) in [5.41, 5.74) is 2.03. The molecule has 0 aliphatic carbocycles. The van der Waals surface area contributed by atoms with Gasteiger partial charge in [-0.1, -0.05) is 5.57 Å². The monoisotopic (exact) mass is 384 g/mol. The minimum absolute atomic E-state index is 0.0522. The Morgan fingerprint density at radius 3 is 2.39 bits per heavy atom. The van der Waals surface area contributed by atoms with Crippen molar-refractivity contribution in [3.05, 3.63) is 59.2 Å². The van der Waals surface area contributed by atoms with Crippen LogP contribution >= 0.6 is 0 Å². The predicted molar refractivity (Wildman–Crippen MR) is 107 cm³/mol. The van der Waals surface area contributed by atoms with E-state index in [1.807, 2.05) is 6.92 Å². The molecule has 0 saturated heterocycles. The van der Waals surface area contributed by atoms with Crippen molar-refractivity contribution >= 4 is 11.9 Å². The lowest BCUT2D eigenvalue weighted by Gasteiger charge is -2.14. The molecule has 2 aromatic carbocycles. The molecule has 3 N–H and O–H groups in total. The van der Waals surface area contributed by atoms with Gasteiger partial charge in [0, 0.05) is 17.2 Å². The number of ether oxygens (including phenoxy) is 2. The van der Waals surface area contributed by atoms with Crippen molar-refractivity contribution in [1.82, 2.24) is 0 Å². The summed E-state index contributed by atoms with van der Waals surface area (Å²) in [6.07, 6.45) is 3.79. The van der Waals surface area contributed by atoms with E-state index in [9.17, 15) is 20.1 Å². The van der Waals surface area contributed by atoms with Crippen LogP contribution in [0.1, 0.15) is 34.8 Å². The first kappa shape index (κ1) is 20.9. The van der Waals surface area contributed by atoms with Crippen LogP contribution in [0.3, 0.4) is 0 Å². The molecule has 0 unspecified atom stereocenters. The average molecular weight is 384 g/mol. The number of phenols is 3. The number of hydrogen-bond acceptors (Lipinski definition) is 6. The van der Waals surface area contributed by atoms with Gasteiger partial charge in [-0.15, -0.1) is 6.58 Å². The van der Waals surface area contributed by atoms with Crippen molar-refractivity contribution in [3.63, 3.8) is 0 Å². The summed E-state index contributed by atoms with van der Waals surface area (Å²) in [6.45, 7) is 5.74. The lowest BCUT2D eigenvalue weighted by Crippen LogP contribution is -2.03. The molecule has 0 aromatic heterocycles. The second kappa shape index (κ2) is 8.99. The molecular weight excluding hydrogens is 360 g/mol. The highest BCUT2D eigenvalue weighted by molar-refractivity contribution is 6.09. The Hall–Kier alpha value is -3.41. The number of phenolic OH excluding ortho intramolecular Hbond substituents is 3. The van der Waals surface area contributed by atoms with Gasteiger partial charge >= 0.3 is 0 Å². The molecule has 28 heavy (non-hydrogen) atoms. The third-order valence-electron chi connectivity index (χ3n) is 4.25. The van der Waals surface area contributed by atoms with Gasteiger partial charge < -0.3 is 24.8 Å². The largest absolute Gasteiger partial charge is 0.508 e. The Balaban J connectivity index is 2.36. The van der Waals surface area contributed by atoms with Crippen LogP contribution in [0.5, 0.6) is 28.7 Å². The number of allylic oxidation sites excluding steroid dienone is 2. The van der Waals surface area contributed by atoms with Crippen molar-refractivity contribution < 1.29 is 29.6 Å². The third-order valence-corrected chi connectivity index (χ3v) is 4.25. The van der Waals surface area contributed by atoms with Crippen molar-refractivity contribution in [2.45, 2.75) is 19.8 Å². The Morgan fingerprint density at radius 1 is 1.07 bits per heavy atom. The first-order valence-corrected chi connectivity index (χ1v) is 8.64. The van der Waals surface area contributed by atoms with Gasteiger partial charge in [0.1, 0.15) is 17.2 Å². The van der Waals surface area contributed by atoms with E-state index < -0.39 is 0 Å². The molecule has 2 rings (SSSR count). The van der Waals surface area contributed by atoms with Crippen LogP contribution in [0.15, 0.2) is 42.5 Å². The summed E-state index contributed by atoms with van der Waals surface area (Å²) in [7, 11) is 2.81. The van der Waals surface area contributed by atoms with Gasteiger partial charge in [-0.3, -0.25) is 4.79 Å². The molecule has 0 saturated carbocycles. The average Bonchev–Trinajstić information content (AvgIpc) is 2.66. The SMILES string of the molecule is C=C(C)CCc1c(O)ccc(C(=O)C=Cc2cc(O)c(OC)cc2O)c1OC. The number of ketones is 1. The van der Waals surface area contributed by atoms with Crippen LogP contribution in [0.4, 0.5) is 0 Å². The highest BCUT2D eigenvalue weighted by Crippen LogP contribution is 2.35. The molecule has 0 bridgehead atoms. The van der Waals surface area contributed by atoms with E-state index in [1.54, 1.807) is 0 Å². The van der Waals surface area contributed by atoms with E-state index in [-0.39, 0.29) is 39.9 Å². The normalized spacial score (nSPS) is 10.8. The number of aromatic hydroxyl groups is 3. The number of methoxy groups -OCH3 is 2. The minimum Gasteiger partial charge on any atom is -0.508 e. The summed E-state index contributed by atoms with van der Waals surface area (Å²) in [4.78, 5) is 12.7. The summed E-state index contributed by atoms with van der Waals surface area (Å²) < 4.78 is 10.3. The van der Waals surface area contributed by atoms with Crippen LogP contribution in [0.25, 0.3) is 6.08 Å². The first-order chi connectivity index (χ1) is 13.3. The summed E-state index contributed by atoms with van der Waals surface area (Å²) >= 11 is 0. The zero-order valence-corrected chi connectivity index (χ0v) is 16.2. The van der Waals surface area contributed by atoms with Gasteiger partial charge in [-0.05, 0) is 50.1 Å².